The zero-order valence-electron chi connectivity index (χ0n) is 22.3. The minimum Gasteiger partial charge on any atom is -0.297 e. The van der Waals surface area contributed by atoms with Crippen LogP contribution in [-0.2, 0) is 25.4 Å². The van der Waals surface area contributed by atoms with Crippen LogP contribution in [0.4, 0.5) is 30.7 Å². The van der Waals surface area contributed by atoms with Gasteiger partial charge in [-0.05, 0) is 46.2 Å². The third-order valence-corrected chi connectivity index (χ3v) is 7.24. The van der Waals surface area contributed by atoms with Crippen LogP contribution in [0.5, 0.6) is 0 Å². The summed E-state index contributed by atoms with van der Waals surface area (Å²) in [6, 6.07) is 16.7. The molecule has 0 amide bonds. The van der Waals surface area contributed by atoms with E-state index in [1.807, 2.05) is 24.3 Å². The predicted octanol–water partition coefficient (Wildman–Crippen LogP) is 6.25. The highest BCUT2D eigenvalue weighted by Gasteiger charge is 2.33. The van der Waals surface area contributed by atoms with Gasteiger partial charge in [0.15, 0.2) is 0 Å². The molecular formula is C29H27F7N6. The molecule has 0 saturated carbocycles. The minimum atomic E-state index is -4.49. The molecule has 0 N–H and O–H groups in total. The largest absolute Gasteiger partial charge is 0.416 e. The molecule has 0 bridgehead atoms. The molecule has 13 heteroatoms. The molecule has 42 heavy (non-hydrogen) atoms. The summed E-state index contributed by atoms with van der Waals surface area (Å²) >= 11 is 0. The summed E-state index contributed by atoms with van der Waals surface area (Å²) in [5.74, 6) is 0.404. The van der Waals surface area contributed by atoms with E-state index in [1.54, 1.807) is 0 Å². The SMILES string of the molecule is FCCn1nnc(-c2ccc(CN3CCN(C(c4ccc(C(F)(F)F)cc4)c4ccc(C(F)(F)F)cc4)CC3)cc2)n1. The van der Waals surface area contributed by atoms with E-state index in [1.165, 1.54) is 29.1 Å². The molecule has 3 aromatic carbocycles. The van der Waals surface area contributed by atoms with E-state index in [0.29, 0.717) is 49.7 Å². The summed E-state index contributed by atoms with van der Waals surface area (Å²) in [4.78, 5) is 5.51. The van der Waals surface area contributed by atoms with Crippen LogP contribution in [0.3, 0.4) is 0 Å². The van der Waals surface area contributed by atoms with Crippen LogP contribution in [0.2, 0.25) is 0 Å². The molecule has 5 rings (SSSR count). The van der Waals surface area contributed by atoms with Crippen molar-refractivity contribution in [1.29, 1.82) is 0 Å². The lowest BCUT2D eigenvalue weighted by Gasteiger charge is -2.40. The fraction of sp³-hybridized carbons (Fsp3) is 0.345. The number of hydrogen-bond donors (Lipinski definition) is 0. The summed E-state index contributed by atoms with van der Waals surface area (Å²) in [5, 5.41) is 11.9. The zero-order chi connectivity index (χ0) is 29.9. The number of piperazine rings is 1. The number of hydrogen-bond acceptors (Lipinski definition) is 5. The van der Waals surface area contributed by atoms with Crippen molar-refractivity contribution in [3.8, 4) is 11.4 Å². The summed E-state index contributed by atoms with van der Waals surface area (Å²) in [6.45, 7) is 2.53. The van der Waals surface area contributed by atoms with E-state index in [-0.39, 0.29) is 6.54 Å². The Morgan fingerprint density at radius 3 is 1.69 bits per heavy atom. The molecule has 1 saturated heterocycles. The number of aromatic nitrogens is 4. The molecule has 0 spiro atoms. The van der Waals surface area contributed by atoms with E-state index in [2.05, 4.69) is 25.2 Å². The molecule has 0 radical (unpaired) electrons. The number of tetrazole rings is 1. The summed E-state index contributed by atoms with van der Waals surface area (Å²) in [7, 11) is 0. The van der Waals surface area contributed by atoms with Crippen LogP contribution in [0.25, 0.3) is 11.4 Å². The van der Waals surface area contributed by atoms with Crippen molar-refractivity contribution in [3.63, 3.8) is 0 Å². The van der Waals surface area contributed by atoms with Gasteiger partial charge in [-0.3, -0.25) is 9.80 Å². The van der Waals surface area contributed by atoms with Crippen molar-refractivity contribution in [1.82, 2.24) is 30.0 Å². The number of nitrogens with zero attached hydrogens (tertiary/aromatic N) is 6. The second-order valence-corrected chi connectivity index (χ2v) is 10.0. The topological polar surface area (TPSA) is 50.1 Å². The average Bonchev–Trinajstić information content (AvgIpc) is 3.43. The van der Waals surface area contributed by atoms with Gasteiger partial charge in [-0.15, -0.1) is 10.2 Å². The Hall–Kier alpha value is -3.84. The van der Waals surface area contributed by atoms with Gasteiger partial charge in [0.2, 0.25) is 5.82 Å². The molecule has 2 heterocycles. The van der Waals surface area contributed by atoms with E-state index in [4.69, 9.17) is 0 Å². The maximum atomic E-state index is 13.2. The fourth-order valence-electron chi connectivity index (χ4n) is 5.05. The molecular weight excluding hydrogens is 565 g/mol. The maximum Gasteiger partial charge on any atom is 0.416 e. The van der Waals surface area contributed by atoms with Gasteiger partial charge in [0.1, 0.15) is 6.67 Å². The van der Waals surface area contributed by atoms with Gasteiger partial charge in [-0.1, -0.05) is 48.5 Å². The van der Waals surface area contributed by atoms with E-state index in [0.717, 1.165) is 35.4 Å². The van der Waals surface area contributed by atoms with Crippen molar-refractivity contribution in [2.45, 2.75) is 31.5 Å². The molecule has 1 aromatic heterocycles. The van der Waals surface area contributed by atoms with Gasteiger partial charge in [0, 0.05) is 38.3 Å². The van der Waals surface area contributed by atoms with Gasteiger partial charge >= 0.3 is 12.4 Å². The summed E-state index contributed by atoms with van der Waals surface area (Å²) in [5.41, 5.74) is 1.38. The van der Waals surface area contributed by atoms with Crippen LogP contribution in [0.1, 0.15) is 33.9 Å². The minimum absolute atomic E-state index is 0.0374. The smallest absolute Gasteiger partial charge is 0.297 e. The summed E-state index contributed by atoms with van der Waals surface area (Å²) in [6.07, 6.45) is -8.98. The lowest BCUT2D eigenvalue weighted by atomic mass is 9.94. The van der Waals surface area contributed by atoms with Crippen molar-refractivity contribution in [3.05, 3.63) is 101 Å². The number of halogens is 7. The number of rotatable bonds is 8. The number of alkyl halides is 7. The first kappa shape index (κ1) is 29.6. The molecule has 6 nitrogen and oxygen atoms in total. The van der Waals surface area contributed by atoms with Crippen molar-refractivity contribution >= 4 is 0 Å². The fourth-order valence-corrected chi connectivity index (χ4v) is 5.05. The van der Waals surface area contributed by atoms with Crippen molar-refractivity contribution in [2.75, 3.05) is 32.9 Å². The highest BCUT2D eigenvalue weighted by molar-refractivity contribution is 5.54. The second kappa shape index (κ2) is 12.2. The maximum absolute atomic E-state index is 13.2. The Bertz CT molecular complexity index is 1380. The quantitative estimate of drug-likeness (QED) is 0.226. The molecule has 1 fully saturated rings. The molecule has 0 aliphatic carbocycles. The molecule has 0 atom stereocenters. The van der Waals surface area contributed by atoms with Crippen molar-refractivity contribution in [2.24, 2.45) is 0 Å². The molecule has 222 valence electrons. The molecule has 0 unspecified atom stereocenters. The van der Waals surface area contributed by atoms with Gasteiger partial charge in [0.05, 0.1) is 23.7 Å². The number of aryl methyl sites for hydroxylation is 1. The Morgan fingerprint density at radius 1 is 0.690 bits per heavy atom. The molecule has 1 aliphatic heterocycles. The second-order valence-electron chi connectivity index (χ2n) is 10.0. The monoisotopic (exact) mass is 592 g/mol. The Kier molecular flexibility index (Phi) is 8.60. The Balaban J connectivity index is 1.28. The predicted molar refractivity (Wildman–Crippen MR) is 141 cm³/mol. The van der Waals surface area contributed by atoms with Crippen LogP contribution in [-0.4, -0.2) is 62.9 Å². The third kappa shape index (κ3) is 6.96. The van der Waals surface area contributed by atoms with Gasteiger partial charge in [-0.25, -0.2) is 4.39 Å². The third-order valence-electron chi connectivity index (χ3n) is 7.24. The Labute approximate surface area is 237 Å². The standard InChI is InChI=1S/C29H27F7N6/c30-13-14-42-38-27(37-39-42)23-3-1-20(2-4-23)19-40-15-17-41(18-16-40)26(21-5-9-24(10-6-21)28(31,32)33)22-7-11-25(12-8-22)29(34,35)36/h1-12,26H,13-19H2. The van der Waals surface area contributed by atoms with Gasteiger partial charge < -0.3 is 0 Å². The first-order chi connectivity index (χ1) is 20.0. The first-order valence-electron chi connectivity index (χ1n) is 13.2. The lowest BCUT2D eigenvalue weighted by Crippen LogP contribution is -2.47. The van der Waals surface area contributed by atoms with Gasteiger partial charge in [0.25, 0.3) is 0 Å². The average molecular weight is 593 g/mol. The number of benzene rings is 3. The lowest BCUT2D eigenvalue weighted by molar-refractivity contribution is -0.138. The van der Waals surface area contributed by atoms with E-state index in [9.17, 15) is 30.7 Å². The van der Waals surface area contributed by atoms with E-state index >= 15 is 0 Å². The zero-order valence-corrected chi connectivity index (χ0v) is 22.3. The Morgan fingerprint density at radius 2 is 1.21 bits per heavy atom. The molecule has 4 aromatic rings. The summed E-state index contributed by atoms with van der Waals surface area (Å²) < 4.78 is 91.5. The highest BCUT2D eigenvalue weighted by Crippen LogP contribution is 2.36. The van der Waals surface area contributed by atoms with Crippen LogP contribution in [0, 0.1) is 0 Å². The van der Waals surface area contributed by atoms with Crippen LogP contribution >= 0.6 is 0 Å². The first-order valence-corrected chi connectivity index (χ1v) is 13.2. The normalized spacial score (nSPS) is 15.4. The van der Waals surface area contributed by atoms with E-state index < -0.39 is 36.2 Å². The molecule has 1 aliphatic rings. The van der Waals surface area contributed by atoms with Gasteiger partial charge in [-0.2, -0.15) is 31.1 Å². The van der Waals surface area contributed by atoms with Crippen LogP contribution < -0.4 is 0 Å². The van der Waals surface area contributed by atoms with Crippen LogP contribution in [0.15, 0.2) is 72.8 Å². The van der Waals surface area contributed by atoms with Crippen molar-refractivity contribution < 1.29 is 30.7 Å². The highest BCUT2D eigenvalue weighted by atomic mass is 19.4.